The second kappa shape index (κ2) is 10.6. The van der Waals surface area contributed by atoms with E-state index >= 15 is 0 Å². The van der Waals surface area contributed by atoms with Gasteiger partial charge in [-0.05, 0) is 56.4 Å². The molecule has 0 saturated carbocycles. The van der Waals surface area contributed by atoms with Crippen molar-refractivity contribution in [1.82, 2.24) is 0 Å². The fourth-order valence-corrected chi connectivity index (χ4v) is 3.92. The van der Waals surface area contributed by atoms with E-state index in [0.29, 0.717) is 55.6 Å². The molecule has 32 heavy (non-hydrogen) atoms. The Kier molecular flexibility index (Phi) is 7.91. The van der Waals surface area contributed by atoms with Gasteiger partial charge >= 0.3 is 5.97 Å². The largest absolute Gasteiger partial charge is 0.492 e. The molecule has 2 aromatic rings. The summed E-state index contributed by atoms with van der Waals surface area (Å²) in [7, 11) is 0. The van der Waals surface area contributed by atoms with Crippen LogP contribution in [-0.4, -0.2) is 38.3 Å². The molecular weight excluding hydrogens is 406 g/mol. The van der Waals surface area contributed by atoms with Gasteiger partial charge in [-0.15, -0.1) is 0 Å². The minimum atomic E-state index is -0.679. The minimum absolute atomic E-state index is 0.0999. The average Bonchev–Trinajstić information content (AvgIpc) is 2.78. The molecule has 6 heteroatoms. The highest BCUT2D eigenvalue weighted by atomic mass is 16.5. The second-order valence-electron chi connectivity index (χ2n) is 8.65. The average molecular weight is 440 g/mol. The predicted molar refractivity (Wildman–Crippen MR) is 124 cm³/mol. The molecule has 172 valence electrons. The number of hydrogen-bond acceptors (Lipinski definition) is 5. The third kappa shape index (κ3) is 5.49. The zero-order valence-corrected chi connectivity index (χ0v) is 19.4. The lowest BCUT2D eigenvalue weighted by molar-refractivity contribution is -0.125. The fourth-order valence-electron chi connectivity index (χ4n) is 3.92. The van der Waals surface area contributed by atoms with Crippen molar-refractivity contribution in [2.45, 2.75) is 46.0 Å². The number of aryl methyl sites for hydroxylation is 1. The van der Waals surface area contributed by atoms with Gasteiger partial charge in [0.15, 0.2) is 0 Å². The number of nitrogens with one attached hydrogen (secondary N) is 1. The van der Waals surface area contributed by atoms with Crippen LogP contribution in [0.15, 0.2) is 42.5 Å². The summed E-state index contributed by atoms with van der Waals surface area (Å²) < 4.78 is 16.6. The molecular formula is C26H33NO5. The van der Waals surface area contributed by atoms with Crippen LogP contribution in [-0.2, 0) is 19.7 Å². The Hall–Kier alpha value is -2.86. The van der Waals surface area contributed by atoms with Crippen LogP contribution < -0.4 is 10.1 Å². The van der Waals surface area contributed by atoms with Crippen molar-refractivity contribution in [3.05, 3.63) is 59.2 Å². The third-order valence-corrected chi connectivity index (χ3v) is 5.66. The van der Waals surface area contributed by atoms with Gasteiger partial charge in [0.25, 0.3) is 0 Å². The van der Waals surface area contributed by atoms with Gasteiger partial charge in [0.2, 0.25) is 5.91 Å². The van der Waals surface area contributed by atoms with Gasteiger partial charge in [-0.25, -0.2) is 4.79 Å². The molecule has 0 aromatic heterocycles. The van der Waals surface area contributed by atoms with Crippen molar-refractivity contribution in [3.8, 4) is 5.75 Å². The molecule has 0 aliphatic carbocycles. The fraction of sp³-hybridized carbons (Fsp3) is 0.462. The SMILES string of the molecule is CCOC(=O)c1cc(NC(=O)C2(c3cccc(C)c3)CCOCC2)ccc1OCC(C)C. The molecule has 1 fully saturated rings. The first kappa shape index (κ1) is 23.8. The molecule has 0 unspecified atom stereocenters. The van der Waals surface area contributed by atoms with Gasteiger partial charge in [0.05, 0.1) is 18.6 Å². The molecule has 3 rings (SSSR count). The summed E-state index contributed by atoms with van der Waals surface area (Å²) >= 11 is 0. The molecule has 1 N–H and O–H groups in total. The highest BCUT2D eigenvalue weighted by Gasteiger charge is 2.41. The Morgan fingerprint density at radius 3 is 2.53 bits per heavy atom. The summed E-state index contributed by atoms with van der Waals surface area (Å²) in [6, 6.07) is 13.2. The molecule has 0 bridgehead atoms. The number of hydrogen-bond donors (Lipinski definition) is 1. The minimum Gasteiger partial charge on any atom is -0.492 e. The summed E-state index contributed by atoms with van der Waals surface area (Å²) in [5, 5.41) is 3.04. The Morgan fingerprint density at radius 1 is 1.12 bits per heavy atom. The van der Waals surface area contributed by atoms with E-state index in [0.717, 1.165) is 11.1 Å². The highest BCUT2D eigenvalue weighted by molar-refractivity contribution is 6.01. The molecule has 1 aliphatic rings. The molecule has 2 aromatic carbocycles. The van der Waals surface area contributed by atoms with Gasteiger partial charge in [-0.3, -0.25) is 4.79 Å². The zero-order chi connectivity index (χ0) is 23.1. The van der Waals surface area contributed by atoms with Crippen molar-refractivity contribution in [2.75, 3.05) is 31.7 Å². The molecule has 6 nitrogen and oxygen atoms in total. The standard InChI is InChI=1S/C26H33NO5/c1-5-31-24(28)22-16-21(9-10-23(22)32-17-18(2)3)27-25(29)26(11-13-30-14-12-26)20-8-6-7-19(4)15-20/h6-10,15-16,18H,5,11-14,17H2,1-4H3,(H,27,29). The Morgan fingerprint density at radius 2 is 1.88 bits per heavy atom. The normalized spacial score (nSPS) is 15.3. The van der Waals surface area contributed by atoms with E-state index in [-0.39, 0.29) is 12.5 Å². The molecule has 1 amide bonds. The number of carbonyl (C=O) groups is 2. The summed E-state index contributed by atoms with van der Waals surface area (Å²) in [5.41, 5.74) is 2.26. The van der Waals surface area contributed by atoms with E-state index < -0.39 is 11.4 Å². The second-order valence-corrected chi connectivity index (χ2v) is 8.65. The van der Waals surface area contributed by atoms with E-state index in [1.165, 1.54) is 0 Å². The van der Waals surface area contributed by atoms with Gasteiger partial charge in [-0.1, -0.05) is 43.7 Å². The van der Waals surface area contributed by atoms with Gasteiger partial charge < -0.3 is 19.5 Å². The van der Waals surface area contributed by atoms with Crippen LogP contribution >= 0.6 is 0 Å². The number of ether oxygens (including phenoxy) is 3. The lowest BCUT2D eigenvalue weighted by Gasteiger charge is -2.36. The maximum absolute atomic E-state index is 13.6. The Balaban J connectivity index is 1.90. The zero-order valence-electron chi connectivity index (χ0n) is 19.4. The number of amides is 1. The molecule has 1 heterocycles. The van der Waals surface area contributed by atoms with Crippen LogP contribution in [0.25, 0.3) is 0 Å². The lowest BCUT2D eigenvalue weighted by Crippen LogP contribution is -2.44. The molecule has 0 spiro atoms. The number of anilines is 1. The molecule has 1 saturated heterocycles. The Bertz CT molecular complexity index is 947. The smallest absolute Gasteiger partial charge is 0.341 e. The summed E-state index contributed by atoms with van der Waals surface area (Å²) in [6.07, 6.45) is 1.20. The molecule has 0 atom stereocenters. The van der Waals surface area contributed by atoms with Crippen LogP contribution in [0.1, 0.15) is 55.1 Å². The topological polar surface area (TPSA) is 73.9 Å². The Labute approximate surface area is 190 Å². The highest BCUT2D eigenvalue weighted by Crippen LogP contribution is 2.37. The van der Waals surface area contributed by atoms with Crippen LogP contribution in [0.4, 0.5) is 5.69 Å². The van der Waals surface area contributed by atoms with E-state index in [2.05, 4.69) is 11.4 Å². The lowest BCUT2D eigenvalue weighted by atomic mass is 9.73. The van der Waals surface area contributed by atoms with Crippen molar-refractivity contribution in [3.63, 3.8) is 0 Å². The first-order chi connectivity index (χ1) is 15.4. The van der Waals surface area contributed by atoms with Crippen molar-refractivity contribution in [1.29, 1.82) is 0 Å². The van der Waals surface area contributed by atoms with Crippen LogP contribution in [0, 0.1) is 12.8 Å². The van der Waals surface area contributed by atoms with Crippen molar-refractivity contribution >= 4 is 17.6 Å². The van der Waals surface area contributed by atoms with Crippen molar-refractivity contribution < 1.29 is 23.8 Å². The predicted octanol–water partition coefficient (Wildman–Crippen LogP) is 4.89. The van der Waals surface area contributed by atoms with E-state index in [1.807, 2.05) is 39.0 Å². The number of benzene rings is 2. The number of esters is 1. The molecule has 0 radical (unpaired) electrons. The monoisotopic (exact) mass is 439 g/mol. The van der Waals surface area contributed by atoms with Crippen LogP contribution in [0.3, 0.4) is 0 Å². The summed E-state index contributed by atoms with van der Waals surface area (Å²) in [5.74, 6) is 0.195. The maximum atomic E-state index is 13.6. The first-order valence-corrected chi connectivity index (χ1v) is 11.3. The summed E-state index contributed by atoms with van der Waals surface area (Å²) in [4.78, 5) is 26.1. The summed E-state index contributed by atoms with van der Waals surface area (Å²) in [6.45, 7) is 9.65. The van der Waals surface area contributed by atoms with Crippen molar-refractivity contribution in [2.24, 2.45) is 5.92 Å². The number of carbonyl (C=O) groups excluding carboxylic acids is 2. The van der Waals surface area contributed by atoms with Gasteiger partial charge in [0.1, 0.15) is 11.3 Å². The van der Waals surface area contributed by atoms with Gasteiger partial charge in [-0.2, -0.15) is 0 Å². The van der Waals surface area contributed by atoms with E-state index in [4.69, 9.17) is 14.2 Å². The number of rotatable bonds is 8. The maximum Gasteiger partial charge on any atom is 0.341 e. The quantitative estimate of drug-likeness (QED) is 0.593. The third-order valence-electron chi connectivity index (χ3n) is 5.66. The van der Waals surface area contributed by atoms with Crippen LogP contribution in [0.5, 0.6) is 5.75 Å². The van der Waals surface area contributed by atoms with Gasteiger partial charge in [0, 0.05) is 18.9 Å². The molecule has 1 aliphatic heterocycles. The van der Waals surface area contributed by atoms with Crippen LogP contribution in [0.2, 0.25) is 0 Å². The first-order valence-electron chi connectivity index (χ1n) is 11.3. The van der Waals surface area contributed by atoms with E-state index in [9.17, 15) is 9.59 Å². The van der Waals surface area contributed by atoms with E-state index in [1.54, 1.807) is 25.1 Å².